The van der Waals surface area contributed by atoms with Crippen molar-refractivity contribution in [2.45, 2.75) is 113 Å². The monoisotopic (exact) mass is 598 g/mol. The maximum Gasteiger partial charge on any atom is 0.315 e. The molecule has 15 heteroatoms. The van der Waals surface area contributed by atoms with Crippen LogP contribution in [-0.2, 0) is 33.7 Å². The van der Waals surface area contributed by atoms with Crippen LogP contribution in [0.4, 0.5) is 10.6 Å². The summed E-state index contributed by atoms with van der Waals surface area (Å²) >= 11 is 1.98. The Kier molecular flexibility index (Phi) is 7.44. The third-order valence-corrected chi connectivity index (χ3v) is 10.1. The van der Waals surface area contributed by atoms with Crippen LogP contribution in [0.2, 0.25) is 0 Å². The van der Waals surface area contributed by atoms with E-state index in [1.165, 1.54) is 19.2 Å². The summed E-state index contributed by atoms with van der Waals surface area (Å²) in [5.74, 6) is 0.665. The van der Waals surface area contributed by atoms with Crippen molar-refractivity contribution in [1.29, 1.82) is 0 Å². The number of thioether (sulfide) groups is 1. The molecule has 4 fully saturated rings. The average molecular weight is 599 g/mol. The first-order valence-corrected chi connectivity index (χ1v) is 15.9. The molecule has 2 unspecified atom stereocenters. The number of ether oxygens (including phenoxy) is 3. The third kappa shape index (κ3) is 5.54. The summed E-state index contributed by atoms with van der Waals surface area (Å²) in [5, 5.41) is 15.4. The number of nitrogens with one attached hydrogen (secondary N) is 2. The predicted molar refractivity (Wildman–Crippen MR) is 155 cm³/mol. The lowest BCUT2D eigenvalue weighted by Crippen LogP contribution is -2.36. The first-order valence-electron chi connectivity index (χ1n) is 14.8. The van der Waals surface area contributed by atoms with Crippen molar-refractivity contribution in [3.05, 3.63) is 24.5 Å². The molecule has 3 aromatic rings. The number of unbranched alkanes of at least 4 members (excludes halogenated alkanes) is 3. The molecule has 4 saturated heterocycles. The van der Waals surface area contributed by atoms with Crippen LogP contribution >= 0.6 is 11.8 Å². The Balaban J connectivity index is 0.898. The number of nitrogens with zero attached hydrogens (tertiary/aromatic N) is 7. The van der Waals surface area contributed by atoms with Gasteiger partial charge in [-0.3, -0.25) is 0 Å². The molecule has 0 aliphatic carbocycles. The molecule has 2 amide bonds. The fourth-order valence-corrected chi connectivity index (χ4v) is 8.21. The molecule has 7 heterocycles. The first-order chi connectivity index (χ1) is 20.3. The normalized spacial score (nSPS) is 31.4. The van der Waals surface area contributed by atoms with Crippen molar-refractivity contribution in [2.24, 2.45) is 0 Å². The van der Waals surface area contributed by atoms with Crippen LogP contribution in [-0.4, -0.2) is 93.8 Å². The van der Waals surface area contributed by atoms with Gasteiger partial charge in [0, 0.05) is 17.2 Å². The lowest BCUT2D eigenvalue weighted by molar-refractivity contribution is -0.189. The summed E-state index contributed by atoms with van der Waals surface area (Å²) in [4.78, 5) is 24.3. The second-order valence-corrected chi connectivity index (χ2v) is 13.4. The largest absolute Gasteiger partial charge is 0.382 e. The maximum atomic E-state index is 11.6. The molecule has 7 rings (SSSR count). The van der Waals surface area contributed by atoms with E-state index in [1.54, 1.807) is 6.33 Å². The first kappa shape index (κ1) is 27.8. The van der Waals surface area contributed by atoms with Crippen molar-refractivity contribution in [1.82, 2.24) is 45.1 Å². The lowest BCUT2D eigenvalue weighted by atomic mass is 10.0. The number of nitrogens with two attached hydrogens (primary N) is 1. The molecule has 14 nitrogen and oxygen atoms in total. The number of amides is 2. The average Bonchev–Trinajstić information content (AvgIpc) is 3.78. The van der Waals surface area contributed by atoms with E-state index in [2.05, 4.69) is 35.9 Å². The number of anilines is 1. The molecule has 3 aromatic heterocycles. The van der Waals surface area contributed by atoms with Crippen molar-refractivity contribution in [3.8, 4) is 0 Å². The van der Waals surface area contributed by atoms with Gasteiger partial charge in [-0.05, 0) is 33.1 Å². The number of carbonyl (C=O) groups is 1. The molecular weight excluding hydrogens is 560 g/mol. The van der Waals surface area contributed by atoms with Crippen LogP contribution in [0.5, 0.6) is 0 Å². The summed E-state index contributed by atoms with van der Waals surface area (Å²) in [6.07, 6.45) is 10.8. The van der Waals surface area contributed by atoms with Gasteiger partial charge >= 0.3 is 6.03 Å². The highest BCUT2D eigenvalue weighted by molar-refractivity contribution is 8.00. The number of fused-ring (bicyclic) bond motifs is 3. The minimum absolute atomic E-state index is 0.0138. The van der Waals surface area contributed by atoms with Crippen LogP contribution in [0.3, 0.4) is 0 Å². The predicted octanol–water partition coefficient (Wildman–Crippen LogP) is 1.65. The van der Waals surface area contributed by atoms with E-state index in [1.807, 2.05) is 41.1 Å². The van der Waals surface area contributed by atoms with Gasteiger partial charge in [0.15, 0.2) is 17.3 Å². The Morgan fingerprint density at radius 2 is 1.88 bits per heavy atom. The lowest BCUT2D eigenvalue weighted by Gasteiger charge is -2.24. The minimum Gasteiger partial charge on any atom is -0.382 e. The molecule has 7 atom stereocenters. The second kappa shape index (κ2) is 11.2. The Bertz CT molecular complexity index is 1430. The van der Waals surface area contributed by atoms with Gasteiger partial charge in [0.05, 0.1) is 37.2 Å². The van der Waals surface area contributed by atoms with Crippen molar-refractivity contribution >= 4 is 34.8 Å². The summed E-state index contributed by atoms with van der Waals surface area (Å²) in [6, 6.07) is 0.576. The van der Waals surface area contributed by atoms with E-state index in [0.29, 0.717) is 47.4 Å². The van der Waals surface area contributed by atoms with Crippen LogP contribution in [0.25, 0.3) is 11.2 Å². The molecule has 0 saturated carbocycles. The topological polar surface area (TPSA) is 169 Å². The van der Waals surface area contributed by atoms with Gasteiger partial charge in [-0.2, -0.15) is 11.8 Å². The highest BCUT2D eigenvalue weighted by atomic mass is 32.2. The molecule has 0 aromatic carbocycles. The van der Waals surface area contributed by atoms with E-state index in [4.69, 9.17) is 19.9 Å². The molecule has 4 N–H and O–H groups in total. The number of aromatic nitrogens is 7. The Labute approximate surface area is 247 Å². The molecular formula is C27H38N10O4S. The van der Waals surface area contributed by atoms with Crippen LogP contribution in [0.15, 0.2) is 18.9 Å². The molecule has 4 aliphatic heterocycles. The highest BCUT2D eigenvalue weighted by Gasteiger charge is 2.55. The van der Waals surface area contributed by atoms with Crippen LogP contribution in [0.1, 0.15) is 51.6 Å². The quantitative estimate of drug-likeness (QED) is 0.217. The third-order valence-electron chi connectivity index (χ3n) is 8.62. The van der Waals surface area contributed by atoms with Gasteiger partial charge in [0.1, 0.15) is 36.3 Å². The smallest absolute Gasteiger partial charge is 0.315 e. The molecule has 226 valence electrons. The van der Waals surface area contributed by atoms with Gasteiger partial charge in [0.2, 0.25) is 0 Å². The van der Waals surface area contributed by atoms with Crippen LogP contribution < -0.4 is 16.4 Å². The summed E-state index contributed by atoms with van der Waals surface area (Å²) in [7, 11) is 0. The number of hydrogen-bond acceptors (Lipinski definition) is 11. The summed E-state index contributed by atoms with van der Waals surface area (Å²) in [5.41, 5.74) is 8.19. The number of urea groups is 1. The Morgan fingerprint density at radius 1 is 1.07 bits per heavy atom. The van der Waals surface area contributed by atoms with Gasteiger partial charge < -0.3 is 35.1 Å². The number of rotatable bonds is 11. The number of hydrogen-bond donors (Lipinski definition) is 3. The molecule has 4 aliphatic rings. The standard InChI is InChI=1S/C27H38N10O4S/c1-27(2)40-22-17(10-36-14-31-21-24(28)29-13-30-25(21)36)39-18(23(22)41-27)11-37-9-15(34-35-37)7-5-3-4-6-8-19-20-16(12-42-19)32-26(38)33-20/h9,13-14,16-20,22-23H,3-8,10-12H2,1-2H3,(H2,28,29,30)(H2,32,33,38)/t16-,17?,18?,19-,20-,22+,23-/m0/s1. The molecule has 0 spiro atoms. The number of imidazole rings is 1. The van der Waals surface area contributed by atoms with E-state index in [9.17, 15) is 4.79 Å². The van der Waals surface area contributed by atoms with E-state index >= 15 is 0 Å². The SMILES string of the molecule is CC1(C)O[C@@H]2C(Cn3cnc4c(N)ncnc43)OC(Cn3cc(CCCCCC[C@@H]4SC[C@@H]5NC(=O)N[C@@H]54)nn3)[C@@H]2O1. The van der Waals surface area contributed by atoms with Gasteiger partial charge in [-0.25, -0.2) is 24.4 Å². The zero-order valence-electron chi connectivity index (χ0n) is 23.9. The van der Waals surface area contributed by atoms with Crippen molar-refractivity contribution in [3.63, 3.8) is 0 Å². The fraction of sp³-hybridized carbons (Fsp3) is 0.704. The summed E-state index contributed by atoms with van der Waals surface area (Å²) in [6.45, 7) is 4.89. The fourth-order valence-electron chi connectivity index (χ4n) is 6.67. The number of aryl methyl sites for hydroxylation is 1. The van der Waals surface area contributed by atoms with E-state index in [-0.39, 0.29) is 30.4 Å². The minimum atomic E-state index is -0.702. The number of carbonyl (C=O) groups excluding carboxylic acids is 1. The van der Waals surface area contributed by atoms with Crippen molar-refractivity contribution < 1.29 is 19.0 Å². The van der Waals surface area contributed by atoms with Gasteiger partial charge in [-0.15, -0.1) is 5.10 Å². The van der Waals surface area contributed by atoms with Crippen molar-refractivity contribution in [2.75, 3.05) is 11.5 Å². The Hall–Kier alpha value is -3.01. The number of nitrogen functional groups attached to an aromatic ring is 1. The maximum absolute atomic E-state index is 11.6. The van der Waals surface area contributed by atoms with Gasteiger partial charge in [-0.1, -0.05) is 24.5 Å². The zero-order valence-corrected chi connectivity index (χ0v) is 24.7. The Morgan fingerprint density at radius 3 is 2.74 bits per heavy atom. The van der Waals surface area contributed by atoms with E-state index < -0.39 is 5.79 Å². The highest BCUT2D eigenvalue weighted by Crippen LogP contribution is 2.40. The van der Waals surface area contributed by atoms with E-state index in [0.717, 1.165) is 37.1 Å². The van der Waals surface area contributed by atoms with Gasteiger partial charge in [0.25, 0.3) is 0 Å². The molecule has 0 radical (unpaired) electrons. The molecule has 42 heavy (non-hydrogen) atoms. The summed E-state index contributed by atoms with van der Waals surface area (Å²) < 4.78 is 22.8. The molecule has 0 bridgehead atoms. The zero-order chi connectivity index (χ0) is 28.8. The second-order valence-electron chi connectivity index (χ2n) is 12.1. The van der Waals surface area contributed by atoms with Crippen LogP contribution in [0, 0.1) is 0 Å².